The van der Waals surface area contributed by atoms with Gasteiger partial charge in [-0.2, -0.15) is 0 Å². The predicted molar refractivity (Wildman–Crippen MR) is 162 cm³/mol. The molecule has 1 saturated carbocycles. The molecule has 3 fully saturated rings. The Bertz CT molecular complexity index is 1490. The van der Waals surface area contributed by atoms with Crippen molar-refractivity contribution in [2.45, 2.75) is 77.0 Å². The van der Waals surface area contributed by atoms with Crippen molar-refractivity contribution in [2.24, 2.45) is 11.3 Å². The Balaban J connectivity index is 1.37. The zero-order valence-corrected chi connectivity index (χ0v) is 25.2. The third-order valence-corrected chi connectivity index (χ3v) is 9.31. The van der Waals surface area contributed by atoms with Gasteiger partial charge in [0.2, 0.25) is 17.7 Å². The molecular formula is C33H42N6O3. The van der Waals surface area contributed by atoms with Crippen LogP contribution in [0.2, 0.25) is 0 Å². The number of likely N-dealkylation sites (tertiary alicyclic amines) is 2. The first kappa shape index (κ1) is 28.4. The number of imidazole rings is 1. The summed E-state index contributed by atoms with van der Waals surface area (Å²) in [4.78, 5) is 49.9. The van der Waals surface area contributed by atoms with Crippen LogP contribution in [0.1, 0.15) is 58.6 Å². The summed E-state index contributed by atoms with van der Waals surface area (Å²) in [5.41, 5.74) is 3.38. The van der Waals surface area contributed by atoms with Gasteiger partial charge in [0.25, 0.3) is 0 Å². The molecule has 4 heterocycles. The van der Waals surface area contributed by atoms with Crippen molar-refractivity contribution in [3.63, 3.8) is 0 Å². The Morgan fingerprint density at radius 3 is 2.40 bits per heavy atom. The highest BCUT2D eigenvalue weighted by Crippen LogP contribution is 2.44. The molecule has 2 saturated heterocycles. The van der Waals surface area contributed by atoms with Crippen LogP contribution < -0.4 is 10.6 Å². The number of amides is 3. The fourth-order valence-corrected chi connectivity index (χ4v) is 6.69. The van der Waals surface area contributed by atoms with Crippen LogP contribution in [0, 0.1) is 11.3 Å². The van der Waals surface area contributed by atoms with Gasteiger partial charge in [0.15, 0.2) is 0 Å². The number of rotatable bonds is 7. The molecule has 0 spiro atoms. The summed E-state index contributed by atoms with van der Waals surface area (Å²) in [6, 6.07) is 12.9. The molecule has 9 nitrogen and oxygen atoms in total. The maximum absolute atomic E-state index is 14.4. The molecule has 5 atom stereocenters. The number of hydrogen-bond donors (Lipinski definition) is 2. The Hall–Kier alpha value is -3.72. The molecule has 2 aromatic heterocycles. The number of nitrogens with zero attached hydrogens (tertiary/aromatic N) is 4. The van der Waals surface area contributed by atoms with Gasteiger partial charge >= 0.3 is 0 Å². The van der Waals surface area contributed by atoms with E-state index in [4.69, 9.17) is 4.98 Å². The second kappa shape index (κ2) is 10.8. The zero-order valence-electron chi connectivity index (χ0n) is 25.2. The minimum Gasteiger partial charge on any atom is -0.342 e. The highest BCUT2D eigenvalue weighted by Gasteiger charge is 2.55. The van der Waals surface area contributed by atoms with Crippen LogP contribution in [0.3, 0.4) is 0 Å². The lowest BCUT2D eigenvalue weighted by molar-refractivity contribution is -0.141. The number of carbonyl (C=O) groups excluding carboxylic acids is 3. The van der Waals surface area contributed by atoms with Crippen molar-refractivity contribution in [3.05, 3.63) is 60.6 Å². The van der Waals surface area contributed by atoms with Gasteiger partial charge in [0, 0.05) is 42.9 Å². The van der Waals surface area contributed by atoms with Crippen molar-refractivity contribution >= 4 is 23.4 Å². The first-order chi connectivity index (χ1) is 20.1. The molecule has 2 N–H and O–H groups in total. The average Bonchev–Trinajstić information content (AvgIpc) is 3.42. The van der Waals surface area contributed by atoms with E-state index in [9.17, 15) is 14.4 Å². The van der Waals surface area contributed by atoms with E-state index >= 15 is 0 Å². The highest BCUT2D eigenvalue weighted by atomic mass is 16.2. The van der Waals surface area contributed by atoms with Gasteiger partial charge in [-0.1, -0.05) is 51.1 Å². The molecular weight excluding hydrogens is 528 g/mol. The summed E-state index contributed by atoms with van der Waals surface area (Å²) in [5.74, 6) is -0.112. The van der Waals surface area contributed by atoms with E-state index < -0.39 is 17.5 Å². The predicted octanol–water partition coefficient (Wildman–Crippen LogP) is 3.45. The van der Waals surface area contributed by atoms with Crippen molar-refractivity contribution in [1.82, 2.24) is 29.8 Å². The van der Waals surface area contributed by atoms with Gasteiger partial charge < -0.3 is 24.8 Å². The van der Waals surface area contributed by atoms with E-state index in [1.165, 1.54) is 0 Å². The summed E-state index contributed by atoms with van der Waals surface area (Å²) in [6.07, 6.45) is 6.68. The molecule has 0 bridgehead atoms. The molecule has 2 aliphatic heterocycles. The average molecular weight is 571 g/mol. The maximum atomic E-state index is 14.4. The second-order valence-corrected chi connectivity index (χ2v) is 13.3. The van der Waals surface area contributed by atoms with E-state index in [0.29, 0.717) is 13.1 Å². The van der Waals surface area contributed by atoms with Crippen LogP contribution in [0.5, 0.6) is 0 Å². The zero-order chi connectivity index (χ0) is 29.8. The second-order valence-electron chi connectivity index (χ2n) is 13.3. The first-order valence-electron chi connectivity index (χ1n) is 15.2. The summed E-state index contributed by atoms with van der Waals surface area (Å²) in [6.45, 7) is 8.82. The minimum absolute atomic E-state index is 0.0574. The van der Waals surface area contributed by atoms with E-state index in [2.05, 4.69) is 39.4 Å². The van der Waals surface area contributed by atoms with Crippen LogP contribution in [0.4, 0.5) is 0 Å². The number of nitrogens with one attached hydrogen (secondary N) is 2. The van der Waals surface area contributed by atoms with Crippen LogP contribution in [0.15, 0.2) is 54.9 Å². The third-order valence-electron chi connectivity index (χ3n) is 9.31. The Morgan fingerprint density at radius 2 is 1.74 bits per heavy atom. The molecule has 9 heteroatoms. The van der Waals surface area contributed by atoms with Crippen molar-refractivity contribution < 1.29 is 14.4 Å². The van der Waals surface area contributed by atoms with Crippen LogP contribution in [-0.2, 0) is 14.4 Å². The summed E-state index contributed by atoms with van der Waals surface area (Å²) < 4.78 is 2.05. The number of fused-ring (bicyclic) bond motifs is 2. The fourth-order valence-electron chi connectivity index (χ4n) is 6.69. The van der Waals surface area contributed by atoms with Crippen LogP contribution in [0.25, 0.3) is 16.8 Å². The van der Waals surface area contributed by atoms with E-state index in [1.54, 1.807) is 14.0 Å². The molecule has 222 valence electrons. The lowest BCUT2D eigenvalue weighted by Crippen LogP contribution is -2.59. The van der Waals surface area contributed by atoms with E-state index in [0.717, 1.165) is 41.7 Å². The number of likely N-dealkylation sites (N-methyl/N-ethyl adjacent to an activating group) is 1. The normalized spacial score (nSPS) is 23.6. The smallest absolute Gasteiger partial charge is 0.246 e. The molecule has 42 heavy (non-hydrogen) atoms. The molecule has 1 aromatic carbocycles. The van der Waals surface area contributed by atoms with Gasteiger partial charge in [-0.05, 0) is 56.3 Å². The van der Waals surface area contributed by atoms with Gasteiger partial charge in [-0.25, -0.2) is 4.98 Å². The quantitative estimate of drug-likeness (QED) is 0.454. The largest absolute Gasteiger partial charge is 0.342 e. The van der Waals surface area contributed by atoms with Crippen molar-refractivity contribution in [2.75, 3.05) is 20.1 Å². The number of pyridine rings is 1. The highest BCUT2D eigenvalue weighted by molar-refractivity contribution is 5.91. The standard InChI is InChI=1S/C33H42N6O3/c1-20(34-5)30(40)36-28(33(2,3)4)32(42)38-17-15-26-27(38)24(18-39(26)31(41)22-13-14-22)25-19-37-16-9-12-23(29(37)35-25)21-10-7-6-8-11-21/h6-12,16,19-20,22,24,26-28,34H,13-15,17-18H2,1-5H3,(H,36,40). The summed E-state index contributed by atoms with van der Waals surface area (Å²) in [7, 11) is 1.73. The summed E-state index contributed by atoms with van der Waals surface area (Å²) >= 11 is 0. The first-order valence-corrected chi connectivity index (χ1v) is 15.2. The van der Waals surface area contributed by atoms with Gasteiger partial charge in [-0.15, -0.1) is 0 Å². The van der Waals surface area contributed by atoms with E-state index in [-0.39, 0.29) is 41.6 Å². The lowest BCUT2D eigenvalue weighted by Gasteiger charge is -2.37. The fraction of sp³-hybridized carbons (Fsp3) is 0.515. The molecule has 1 aliphatic carbocycles. The molecule has 3 aromatic rings. The van der Waals surface area contributed by atoms with E-state index in [1.807, 2.05) is 61.0 Å². The Kier molecular flexibility index (Phi) is 7.33. The van der Waals surface area contributed by atoms with Crippen LogP contribution >= 0.6 is 0 Å². The Morgan fingerprint density at radius 1 is 1.00 bits per heavy atom. The number of carbonyl (C=O) groups is 3. The molecule has 6 rings (SSSR count). The molecule has 0 radical (unpaired) electrons. The van der Waals surface area contributed by atoms with Crippen molar-refractivity contribution in [3.8, 4) is 11.1 Å². The molecule has 3 amide bonds. The summed E-state index contributed by atoms with van der Waals surface area (Å²) in [5, 5.41) is 6.00. The third kappa shape index (κ3) is 5.08. The number of benzene rings is 1. The van der Waals surface area contributed by atoms with Gasteiger partial charge in [0.05, 0.1) is 23.8 Å². The monoisotopic (exact) mass is 570 g/mol. The topological polar surface area (TPSA) is 99.1 Å². The van der Waals surface area contributed by atoms with Crippen molar-refractivity contribution in [1.29, 1.82) is 0 Å². The van der Waals surface area contributed by atoms with Gasteiger partial charge in [-0.3, -0.25) is 14.4 Å². The van der Waals surface area contributed by atoms with Gasteiger partial charge in [0.1, 0.15) is 11.7 Å². The number of aromatic nitrogens is 2. The SMILES string of the molecule is CNC(C)C(=O)NC(C(=O)N1CCC2C1C(c1cn3cccc(-c4ccccc4)c3n1)CN2C(=O)C1CC1)C(C)(C)C. The maximum Gasteiger partial charge on any atom is 0.246 e. The Labute approximate surface area is 247 Å². The van der Waals surface area contributed by atoms with Crippen LogP contribution in [-0.4, -0.2) is 81.2 Å². The molecule has 3 aliphatic rings. The molecule has 5 unspecified atom stereocenters. The number of hydrogen-bond acceptors (Lipinski definition) is 5. The lowest BCUT2D eigenvalue weighted by atomic mass is 9.85. The minimum atomic E-state index is -0.695.